The predicted molar refractivity (Wildman–Crippen MR) is 109 cm³/mol. The van der Waals surface area contributed by atoms with E-state index in [1.807, 2.05) is 43.4 Å². The van der Waals surface area contributed by atoms with E-state index in [1.165, 1.54) is 0 Å². The Labute approximate surface area is 170 Å². The first-order valence-corrected chi connectivity index (χ1v) is 9.15. The summed E-state index contributed by atoms with van der Waals surface area (Å²) in [5, 5.41) is 6.57. The summed E-state index contributed by atoms with van der Waals surface area (Å²) in [5.74, 6) is 0.348. The Morgan fingerprint density at radius 1 is 1.11 bits per heavy atom. The minimum atomic E-state index is -0.988. The number of carbonyl (C=O) groups excluding carboxylic acids is 1. The van der Waals surface area contributed by atoms with Gasteiger partial charge in [0.25, 0.3) is 12.2 Å². The van der Waals surface area contributed by atoms with Gasteiger partial charge >= 0.3 is 0 Å². The lowest BCUT2D eigenvalue weighted by Gasteiger charge is -2.32. The summed E-state index contributed by atoms with van der Waals surface area (Å²) in [7, 11) is 1.91. The third-order valence-corrected chi connectivity index (χ3v) is 4.45. The van der Waals surface area contributed by atoms with Gasteiger partial charge in [0, 0.05) is 17.1 Å². The van der Waals surface area contributed by atoms with E-state index in [1.54, 1.807) is 12.1 Å². The highest BCUT2D eigenvalue weighted by Crippen LogP contribution is 2.39. The molecule has 1 aliphatic rings. The Bertz CT molecular complexity index is 743. The molecule has 3 rings (SSSR count). The minimum Gasteiger partial charge on any atom is -0.455 e. The summed E-state index contributed by atoms with van der Waals surface area (Å²) in [4.78, 5) is 12.5. The smallest absolute Gasteiger partial charge is 0.289 e. The van der Waals surface area contributed by atoms with Crippen molar-refractivity contribution in [1.82, 2.24) is 10.6 Å². The maximum absolute atomic E-state index is 12.5. The van der Waals surface area contributed by atoms with Crippen LogP contribution < -0.4 is 15.4 Å². The van der Waals surface area contributed by atoms with Gasteiger partial charge in [-0.2, -0.15) is 0 Å². The fourth-order valence-electron chi connectivity index (χ4n) is 2.89. The molecule has 146 valence electrons. The molecule has 0 saturated heterocycles. The number of nitrogens with one attached hydrogen (secondary N) is 2. The van der Waals surface area contributed by atoms with Crippen LogP contribution in [0.5, 0.6) is 5.75 Å². The number of ether oxygens (including phenoxy) is 2. The Morgan fingerprint density at radius 3 is 2.59 bits per heavy atom. The molecule has 2 aromatic carbocycles. The average Bonchev–Trinajstić information content (AvgIpc) is 2.67. The molecule has 1 amide bonds. The van der Waals surface area contributed by atoms with Crippen molar-refractivity contribution in [2.45, 2.75) is 25.2 Å². The van der Waals surface area contributed by atoms with Crippen molar-refractivity contribution in [2.75, 3.05) is 20.1 Å². The normalized spacial score (nSPS) is 18.0. The largest absolute Gasteiger partial charge is 0.455 e. The van der Waals surface area contributed by atoms with Gasteiger partial charge in [0.2, 0.25) is 0 Å². The molecule has 0 radical (unpaired) electrons. The lowest BCUT2D eigenvalue weighted by molar-refractivity contribution is -0.165. The van der Waals surface area contributed by atoms with E-state index in [2.05, 4.69) is 10.6 Å². The monoisotopic (exact) mass is 410 g/mol. The molecular weight excluding hydrogens is 387 g/mol. The SMILES string of the molecule is CNCCCCNC(=O)[C@H]1Oc2ccc(Cl)cc2[C@@H](c2ccccc2)O1.Cl. The molecule has 27 heavy (non-hydrogen) atoms. The maximum Gasteiger partial charge on any atom is 0.289 e. The molecule has 0 fully saturated rings. The molecule has 5 nitrogen and oxygen atoms in total. The van der Waals surface area contributed by atoms with Crippen LogP contribution in [-0.4, -0.2) is 32.3 Å². The van der Waals surface area contributed by atoms with Crippen LogP contribution in [0, 0.1) is 0 Å². The average molecular weight is 411 g/mol. The van der Waals surface area contributed by atoms with Crippen molar-refractivity contribution in [3.05, 3.63) is 64.7 Å². The van der Waals surface area contributed by atoms with E-state index in [9.17, 15) is 4.79 Å². The summed E-state index contributed by atoms with van der Waals surface area (Å²) < 4.78 is 11.8. The van der Waals surface area contributed by atoms with Gasteiger partial charge in [0.15, 0.2) is 0 Å². The fourth-order valence-corrected chi connectivity index (χ4v) is 3.08. The van der Waals surface area contributed by atoms with E-state index in [4.69, 9.17) is 21.1 Å². The first-order chi connectivity index (χ1) is 12.7. The molecule has 0 aliphatic carbocycles. The topological polar surface area (TPSA) is 59.6 Å². The second kappa shape index (κ2) is 10.5. The molecule has 0 aromatic heterocycles. The van der Waals surface area contributed by atoms with Crippen LogP contribution in [0.25, 0.3) is 0 Å². The van der Waals surface area contributed by atoms with E-state index < -0.39 is 12.4 Å². The van der Waals surface area contributed by atoms with Crippen molar-refractivity contribution in [2.24, 2.45) is 0 Å². The molecule has 2 N–H and O–H groups in total. The number of amides is 1. The van der Waals surface area contributed by atoms with Gasteiger partial charge in [0.1, 0.15) is 11.9 Å². The summed E-state index contributed by atoms with van der Waals surface area (Å²) in [5.41, 5.74) is 1.77. The Morgan fingerprint density at radius 2 is 1.85 bits per heavy atom. The molecule has 0 bridgehead atoms. The maximum atomic E-state index is 12.5. The van der Waals surface area contributed by atoms with Crippen LogP contribution in [-0.2, 0) is 9.53 Å². The van der Waals surface area contributed by atoms with Crippen LogP contribution in [0.15, 0.2) is 48.5 Å². The van der Waals surface area contributed by atoms with Crippen LogP contribution >= 0.6 is 24.0 Å². The number of hydrogen-bond donors (Lipinski definition) is 2. The molecule has 7 heteroatoms. The van der Waals surface area contributed by atoms with Gasteiger partial charge < -0.3 is 20.1 Å². The number of carbonyl (C=O) groups is 1. The summed E-state index contributed by atoms with van der Waals surface area (Å²) in [6.07, 6.45) is 0.502. The van der Waals surface area contributed by atoms with Gasteiger partial charge in [-0.15, -0.1) is 12.4 Å². The van der Waals surface area contributed by atoms with Crippen molar-refractivity contribution in [3.63, 3.8) is 0 Å². The summed E-state index contributed by atoms with van der Waals surface area (Å²) in [6, 6.07) is 15.1. The Hall–Kier alpha value is -1.79. The Kier molecular flexibility index (Phi) is 8.38. The van der Waals surface area contributed by atoms with Crippen LogP contribution in [0.2, 0.25) is 5.02 Å². The highest BCUT2D eigenvalue weighted by atomic mass is 35.5. The zero-order valence-electron chi connectivity index (χ0n) is 15.1. The van der Waals surface area contributed by atoms with Crippen LogP contribution in [0.1, 0.15) is 30.1 Å². The molecule has 0 spiro atoms. The molecule has 0 unspecified atom stereocenters. The minimum absolute atomic E-state index is 0. The summed E-state index contributed by atoms with van der Waals surface area (Å²) in [6.45, 7) is 1.52. The van der Waals surface area contributed by atoms with Gasteiger partial charge in [-0.05, 0) is 50.2 Å². The molecule has 1 heterocycles. The molecule has 2 aromatic rings. The van der Waals surface area contributed by atoms with E-state index in [-0.39, 0.29) is 18.3 Å². The van der Waals surface area contributed by atoms with Crippen molar-refractivity contribution in [3.8, 4) is 5.75 Å². The van der Waals surface area contributed by atoms with Crippen LogP contribution in [0.3, 0.4) is 0 Å². The quantitative estimate of drug-likeness (QED) is 0.683. The number of unbranched alkanes of at least 4 members (excludes halogenated alkanes) is 1. The lowest BCUT2D eigenvalue weighted by atomic mass is 9.99. The predicted octanol–water partition coefficient (Wildman–Crippen LogP) is 3.70. The van der Waals surface area contributed by atoms with Crippen LogP contribution in [0.4, 0.5) is 0 Å². The third-order valence-electron chi connectivity index (χ3n) is 4.22. The second-order valence-corrected chi connectivity index (χ2v) is 6.60. The van der Waals surface area contributed by atoms with E-state index in [0.29, 0.717) is 17.3 Å². The number of halogens is 2. The molecule has 1 aliphatic heterocycles. The number of hydrogen-bond acceptors (Lipinski definition) is 4. The van der Waals surface area contributed by atoms with Crippen molar-refractivity contribution >= 4 is 29.9 Å². The van der Waals surface area contributed by atoms with E-state index >= 15 is 0 Å². The summed E-state index contributed by atoms with van der Waals surface area (Å²) >= 11 is 6.14. The van der Waals surface area contributed by atoms with Gasteiger partial charge in [-0.3, -0.25) is 4.79 Å². The first-order valence-electron chi connectivity index (χ1n) is 8.78. The van der Waals surface area contributed by atoms with Crippen molar-refractivity contribution in [1.29, 1.82) is 0 Å². The molecule has 0 saturated carbocycles. The molecule has 2 atom stereocenters. The third kappa shape index (κ3) is 5.59. The molecular formula is C20H24Cl2N2O3. The fraction of sp³-hybridized carbons (Fsp3) is 0.350. The van der Waals surface area contributed by atoms with E-state index in [0.717, 1.165) is 30.5 Å². The van der Waals surface area contributed by atoms with Crippen molar-refractivity contribution < 1.29 is 14.3 Å². The van der Waals surface area contributed by atoms with Gasteiger partial charge in [-0.1, -0.05) is 41.9 Å². The second-order valence-electron chi connectivity index (χ2n) is 6.16. The lowest BCUT2D eigenvalue weighted by Crippen LogP contribution is -2.43. The number of rotatable bonds is 7. The Balaban J connectivity index is 0.00000261. The first kappa shape index (κ1) is 21.5. The zero-order chi connectivity index (χ0) is 18.4. The van der Waals surface area contributed by atoms with Gasteiger partial charge in [0.05, 0.1) is 0 Å². The van der Waals surface area contributed by atoms with Gasteiger partial charge in [-0.25, -0.2) is 0 Å². The number of benzene rings is 2. The standard InChI is InChI=1S/C20H23ClN2O3.ClH/c1-22-11-5-6-12-23-19(24)20-25-17-10-9-15(21)13-16(17)18(26-20)14-7-3-2-4-8-14;/h2-4,7-10,13,18,20,22H,5-6,11-12H2,1H3,(H,23,24);1H/t18-,20+;/m1./s1. The highest BCUT2D eigenvalue weighted by molar-refractivity contribution is 6.30. The number of fused-ring (bicyclic) bond motifs is 1. The zero-order valence-corrected chi connectivity index (χ0v) is 16.7. The highest BCUT2D eigenvalue weighted by Gasteiger charge is 2.34.